The van der Waals surface area contributed by atoms with E-state index in [2.05, 4.69) is 0 Å². The molecule has 2 heterocycles. The zero-order valence-corrected chi connectivity index (χ0v) is 22.5. The Morgan fingerprint density at radius 1 is 1.00 bits per heavy atom. The Kier molecular flexibility index (Phi) is 7.32. The van der Waals surface area contributed by atoms with Crippen LogP contribution in [0.5, 0.6) is 5.75 Å². The predicted molar refractivity (Wildman–Crippen MR) is 151 cm³/mol. The highest BCUT2D eigenvalue weighted by Gasteiger charge is 2.30. The summed E-state index contributed by atoms with van der Waals surface area (Å²) in [4.78, 5) is 34.8. The molecule has 1 atom stereocenters. The zero-order chi connectivity index (χ0) is 27.5. The van der Waals surface area contributed by atoms with E-state index in [1.54, 1.807) is 59.2 Å². The van der Waals surface area contributed by atoms with Gasteiger partial charge in [0.05, 0.1) is 42.5 Å². The summed E-state index contributed by atoms with van der Waals surface area (Å²) >= 11 is 0. The first kappa shape index (κ1) is 26.0. The normalized spacial score (nSPS) is 11.9. The molecule has 0 fully saturated rings. The smallest absolute Gasteiger partial charge is 0.266 e. The number of hydrogen-bond donors (Lipinski definition) is 0. The molecule has 1 amide bonds. The van der Waals surface area contributed by atoms with Crippen LogP contribution < -0.4 is 10.3 Å². The van der Waals surface area contributed by atoms with Gasteiger partial charge in [0.1, 0.15) is 17.3 Å². The molecule has 0 N–H and O–H groups in total. The number of hydrogen-bond acceptors (Lipinski definition) is 5. The topological polar surface area (TPSA) is 77.6 Å². The van der Waals surface area contributed by atoms with Gasteiger partial charge in [0, 0.05) is 5.56 Å². The molecule has 5 aromatic rings. The van der Waals surface area contributed by atoms with Crippen LogP contribution in [-0.4, -0.2) is 27.5 Å². The summed E-state index contributed by atoms with van der Waals surface area (Å²) in [6.07, 6.45) is 2.11. The van der Waals surface area contributed by atoms with E-state index in [1.807, 2.05) is 63.2 Å². The largest absolute Gasteiger partial charge is 0.497 e. The van der Waals surface area contributed by atoms with Gasteiger partial charge in [0.25, 0.3) is 11.5 Å². The highest BCUT2D eigenvalue weighted by molar-refractivity contribution is 5.94. The lowest BCUT2D eigenvalue weighted by Crippen LogP contribution is -2.38. The van der Waals surface area contributed by atoms with E-state index < -0.39 is 6.04 Å². The van der Waals surface area contributed by atoms with Gasteiger partial charge in [-0.3, -0.25) is 14.2 Å². The number of aromatic nitrogens is 2. The first-order valence-electron chi connectivity index (χ1n) is 13.0. The van der Waals surface area contributed by atoms with Crippen molar-refractivity contribution in [1.82, 2.24) is 14.5 Å². The molecule has 0 saturated heterocycles. The van der Waals surface area contributed by atoms with Crippen LogP contribution in [0.15, 0.2) is 94.3 Å². The lowest BCUT2D eigenvalue weighted by Gasteiger charge is -2.32. The van der Waals surface area contributed by atoms with Gasteiger partial charge in [-0.05, 0) is 92.1 Å². The number of furan rings is 1. The molecule has 39 heavy (non-hydrogen) atoms. The van der Waals surface area contributed by atoms with E-state index in [0.29, 0.717) is 45.9 Å². The summed E-state index contributed by atoms with van der Waals surface area (Å²) in [5.74, 6) is 1.60. The fourth-order valence-corrected chi connectivity index (χ4v) is 4.82. The molecule has 1 unspecified atom stereocenters. The minimum absolute atomic E-state index is 0.174. The second-order valence-corrected chi connectivity index (χ2v) is 9.56. The molecule has 0 saturated carbocycles. The minimum Gasteiger partial charge on any atom is -0.497 e. The summed E-state index contributed by atoms with van der Waals surface area (Å²) in [6.45, 7) is 6.26. The maximum Gasteiger partial charge on any atom is 0.266 e. The Balaban J connectivity index is 1.72. The number of carbonyl (C=O) groups is 1. The van der Waals surface area contributed by atoms with Crippen molar-refractivity contribution in [3.63, 3.8) is 0 Å². The molecule has 2 aromatic heterocycles. The molecule has 0 spiro atoms. The van der Waals surface area contributed by atoms with Crippen molar-refractivity contribution in [3.05, 3.63) is 124 Å². The number of rotatable bonds is 8. The second kappa shape index (κ2) is 11.0. The Morgan fingerprint density at radius 3 is 2.44 bits per heavy atom. The molecule has 0 aliphatic carbocycles. The third kappa shape index (κ3) is 5.08. The summed E-state index contributed by atoms with van der Waals surface area (Å²) in [5, 5.41) is 0.522. The monoisotopic (exact) mass is 521 g/mol. The van der Waals surface area contributed by atoms with Crippen molar-refractivity contribution >= 4 is 16.8 Å². The van der Waals surface area contributed by atoms with Crippen LogP contribution in [0.3, 0.4) is 0 Å². The van der Waals surface area contributed by atoms with E-state index in [0.717, 1.165) is 11.1 Å². The third-order valence-electron chi connectivity index (χ3n) is 7.12. The standard InChI is InChI=1S/C32H31N3O4/c1-5-29(34(20-26-9-8-18-39-26)31(36)23-13-16-25(38-4)17-14-23)30-33-28-11-7-6-10-27(28)32(37)35(30)24-15-12-21(2)22(3)19-24/h6-19,29H,5,20H2,1-4H3. The molecule has 5 rings (SSSR count). The van der Waals surface area contributed by atoms with Crippen LogP contribution in [0.4, 0.5) is 0 Å². The highest BCUT2D eigenvalue weighted by atomic mass is 16.5. The van der Waals surface area contributed by atoms with Crippen molar-refractivity contribution in [2.45, 2.75) is 39.8 Å². The van der Waals surface area contributed by atoms with Gasteiger partial charge >= 0.3 is 0 Å². The fraction of sp³-hybridized carbons (Fsp3) is 0.219. The first-order valence-corrected chi connectivity index (χ1v) is 13.0. The Bertz CT molecular complexity index is 1670. The number of ether oxygens (including phenoxy) is 1. The number of benzene rings is 3. The Hall–Kier alpha value is -4.65. The molecular formula is C32H31N3O4. The number of aryl methyl sites for hydroxylation is 2. The van der Waals surface area contributed by atoms with Gasteiger partial charge in [-0.2, -0.15) is 0 Å². The summed E-state index contributed by atoms with van der Waals surface area (Å²) in [7, 11) is 1.59. The SMILES string of the molecule is CCC(c1nc2ccccc2c(=O)n1-c1ccc(C)c(C)c1)N(Cc1ccco1)C(=O)c1ccc(OC)cc1. The quantitative estimate of drug-likeness (QED) is 0.236. The van der Waals surface area contributed by atoms with E-state index in [-0.39, 0.29) is 18.0 Å². The van der Waals surface area contributed by atoms with E-state index in [1.165, 1.54) is 0 Å². The predicted octanol–water partition coefficient (Wildman–Crippen LogP) is 6.40. The van der Waals surface area contributed by atoms with Gasteiger partial charge in [0.2, 0.25) is 0 Å². The average molecular weight is 522 g/mol. The van der Waals surface area contributed by atoms with Crippen molar-refractivity contribution in [3.8, 4) is 11.4 Å². The molecule has 198 valence electrons. The molecule has 3 aromatic carbocycles. The zero-order valence-electron chi connectivity index (χ0n) is 22.5. The van der Waals surface area contributed by atoms with Gasteiger partial charge < -0.3 is 14.1 Å². The van der Waals surface area contributed by atoms with Crippen molar-refractivity contribution in [1.29, 1.82) is 0 Å². The fourth-order valence-electron chi connectivity index (χ4n) is 4.82. The maximum absolute atomic E-state index is 14.1. The number of fused-ring (bicyclic) bond motifs is 1. The van der Waals surface area contributed by atoms with Crippen LogP contribution in [0, 0.1) is 13.8 Å². The molecule has 7 heteroatoms. The number of methoxy groups -OCH3 is 1. The van der Waals surface area contributed by atoms with Crippen molar-refractivity contribution in [2.75, 3.05) is 7.11 Å². The highest BCUT2D eigenvalue weighted by Crippen LogP contribution is 2.30. The number of para-hydroxylation sites is 1. The van der Waals surface area contributed by atoms with Gasteiger partial charge in [-0.1, -0.05) is 25.1 Å². The van der Waals surface area contributed by atoms with Gasteiger partial charge in [-0.15, -0.1) is 0 Å². The lowest BCUT2D eigenvalue weighted by molar-refractivity contribution is 0.0624. The van der Waals surface area contributed by atoms with Crippen LogP contribution in [0.2, 0.25) is 0 Å². The average Bonchev–Trinajstić information content (AvgIpc) is 3.48. The summed E-state index contributed by atoms with van der Waals surface area (Å²) in [6, 6.07) is 23.4. The van der Waals surface area contributed by atoms with Crippen LogP contribution in [-0.2, 0) is 6.54 Å². The maximum atomic E-state index is 14.1. The van der Waals surface area contributed by atoms with E-state index in [4.69, 9.17) is 14.1 Å². The van der Waals surface area contributed by atoms with Gasteiger partial charge in [0.15, 0.2) is 0 Å². The molecule has 0 aliphatic rings. The Morgan fingerprint density at radius 2 is 1.77 bits per heavy atom. The number of nitrogens with zero attached hydrogens (tertiary/aromatic N) is 3. The molecular weight excluding hydrogens is 490 g/mol. The third-order valence-corrected chi connectivity index (χ3v) is 7.12. The first-order chi connectivity index (χ1) is 18.9. The molecule has 0 bridgehead atoms. The van der Waals surface area contributed by atoms with Crippen LogP contribution in [0.1, 0.15) is 52.5 Å². The number of carbonyl (C=O) groups excluding carboxylic acids is 1. The van der Waals surface area contributed by atoms with Gasteiger partial charge in [-0.25, -0.2) is 4.98 Å². The van der Waals surface area contributed by atoms with Crippen molar-refractivity contribution < 1.29 is 13.9 Å². The molecule has 0 radical (unpaired) electrons. The van der Waals surface area contributed by atoms with Crippen LogP contribution >= 0.6 is 0 Å². The molecule has 0 aliphatic heterocycles. The summed E-state index contributed by atoms with van der Waals surface area (Å²) < 4.78 is 12.6. The Labute approximate surface area is 227 Å². The van der Waals surface area contributed by atoms with E-state index >= 15 is 0 Å². The summed E-state index contributed by atoms with van der Waals surface area (Å²) in [5.41, 5.74) is 3.82. The number of amides is 1. The lowest BCUT2D eigenvalue weighted by atomic mass is 10.1. The van der Waals surface area contributed by atoms with Crippen molar-refractivity contribution in [2.24, 2.45) is 0 Å². The minimum atomic E-state index is -0.524. The van der Waals surface area contributed by atoms with E-state index in [9.17, 15) is 9.59 Å². The van der Waals surface area contributed by atoms with Crippen LogP contribution in [0.25, 0.3) is 16.6 Å². The second-order valence-electron chi connectivity index (χ2n) is 9.56. The molecule has 7 nitrogen and oxygen atoms in total.